The standard InChI is InChI=1S/C30H26NO.C25H14NO2.C24H21FNO.3C5H8O2.3Ir/c1-20-17-23(19-24(18-20)30(2,3)4)25-15-16-26-28(31-25)27(21-11-7-5-8-12-21)29(32-26)22-13-9-6-10-14-22;1-2-7-16(8-3-1)24-15-21-23(27-24)14-13-20(26-21)19-11-6-10-18-17-9-4-5-12-22(17)28-25(18)19;1-15-11-17(13-18(12-15)24(2,3)4)20-9-10-22-21(26-20)14-23(27-22)16-5-7-19(25)8-6-16;3*1-4(6)3-5(2)7;;;/h5-16,18-19H,1-4H3;1-10,12-15H;5-10,12-14H,1-4H3;3*3,6H,1-2H3;;;/q3*-1;;;;;;. The van der Waals surface area contributed by atoms with E-state index in [-0.39, 0.29) is 112 Å². The number of halogens is 1. The molecule has 0 atom stereocenters. The molecule has 17 heteroatoms. The average Bonchev–Trinajstić information content (AvgIpc) is 1.63. The third kappa shape index (κ3) is 23.6. The maximum absolute atomic E-state index is 13.2. The molecule has 0 aliphatic heterocycles. The number of para-hydroxylation sites is 1. The minimum Gasteiger partial charge on any atom is -0.512 e. The minimum absolute atomic E-state index is 0. The summed E-state index contributed by atoms with van der Waals surface area (Å²) in [5, 5.41) is 27.3. The van der Waals surface area contributed by atoms with Crippen LogP contribution >= 0.6 is 0 Å². The number of pyridine rings is 3. The Morgan fingerprint density at radius 2 is 0.829 bits per heavy atom. The second-order valence-corrected chi connectivity index (χ2v) is 28.1. The molecule has 0 aliphatic rings. The third-order valence-electron chi connectivity index (χ3n) is 16.7. The van der Waals surface area contributed by atoms with E-state index in [0.29, 0.717) is 11.3 Å². The Kier molecular flexibility index (Phi) is 30.8. The van der Waals surface area contributed by atoms with E-state index in [1.807, 2.05) is 133 Å². The Bertz CT molecular complexity index is 5730. The Balaban J connectivity index is 0.000000202. The van der Waals surface area contributed by atoms with Crippen molar-refractivity contribution in [3.63, 3.8) is 0 Å². The first-order chi connectivity index (χ1) is 51.4. The number of fused-ring (bicyclic) bond motifs is 6. The van der Waals surface area contributed by atoms with Crippen LogP contribution in [0.15, 0.2) is 278 Å². The summed E-state index contributed by atoms with van der Waals surface area (Å²) in [5.41, 5.74) is 21.7. The van der Waals surface area contributed by atoms with Crippen molar-refractivity contribution in [2.45, 2.75) is 108 Å². The summed E-state index contributed by atoms with van der Waals surface area (Å²) in [6.45, 7) is 26.0. The summed E-state index contributed by atoms with van der Waals surface area (Å²) in [5.74, 6) is 1.89. The van der Waals surface area contributed by atoms with E-state index in [1.54, 1.807) is 12.1 Å². The summed E-state index contributed by atoms with van der Waals surface area (Å²) in [7, 11) is 0. The van der Waals surface area contributed by atoms with Crippen molar-refractivity contribution in [2.24, 2.45) is 0 Å². The molecule has 0 bridgehead atoms. The smallest absolute Gasteiger partial charge is 0.155 e. The average molecular weight is 2010 g/mol. The molecule has 3 radical (unpaired) electrons. The molecule has 15 aromatic rings. The van der Waals surface area contributed by atoms with Gasteiger partial charge in [0.25, 0.3) is 0 Å². The van der Waals surface area contributed by atoms with Crippen LogP contribution in [-0.2, 0) is 85.5 Å². The number of aliphatic hydroxyl groups excluding tert-OH is 3. The molecule has 111 heavy (non-hydrogen) atoms. The van der Waals surface area contributed by atoms with E-state index in [0.717, 1.165) is 134 Å². The summed E-state index contributed by atoms with van der Waals surface area (Å²) < 4.78 is 37.5. The Morgan fingerprint density at radius 3 is 1.29 bits per heavy atom. The second kappa shape index (κ2) is 39.2. The number of hydrogen-bond donors (Lipinski definition) is 3. The van der Waals surface area contributed by atoms with Crippen LogP contribution in [0.2, 0.25) is 0 Å². The molecule has 0 fully saturated rings. The van der Waals surface area contributed by atoms with Crippen molar-refractivity contribution in [3.05, 3.63) is 306 Å². The summed E-state index contributed by atoms with van der Waals surface area (Å²) in [4.78, 5) is 44.8. The molecule has 0 amide bonds. The minimum atomic E-state index is -0.264. The first-order valence-corrected chi connectivity index (χ1v) is 35.2. The van der Waals surface area contributed by atoms with E-state index in [4.69, 9.17) is 47.9 Å². The molecule has 0 aliphatic carbocycles. The normalized spacial score (nSPS) is 11.4. The van der Waals surface area contributed by atoms with E-state index in [9.17, 15) is 18.8 Å². The van der Waals surface area contributed by atoms with E-state index >= 15 is 0 Å². The van der Waals surface area contributed by atoms with Gasteiger partial charge in [-0.3, -0.25) is 29.3 Å². The zero-order chi connectivity index (χ0) is 77.6. The molecule has 573 valence electrons. The van der Waals surface area contributed by atoms with Crippen LogP contribution in [0.25, 0.3) is 134 Å². The van der Waals surface area contributed by atoms with Crippen molar-refractivity contribution in [1.29, 1.82) is 0 Å². The van der Waals surface area contributed by atoms with Crippen LogP contribution in [0, 0.1) is 37.9 Å². The molecular formula is C94H85FIr3N3O10-3. The number of nitrogens with zero attached hydrogens (tertiary/aromatic N) is 3. The van der Waals surface area contributed by atoms with E-state index in [2.05, 4.69) is 140 Å². The van der Waals surface area contributed by atoms with Crippen molar-refractivity contribution in [2.75, 3.05) is 0 Å². The number of hydrogen-bond acceptors (Lipinski definition) is 13. The molecule has 7 heterocycles. The maximum Gasteiger partial charge on any atom is 0.155 e. The van der Waals surface area contributed by atoms with Crippen molar-refractivity contribution >= 4 is 72.6 Å². The number of furan rings is 4. The Morgan fingerprint density at radius 1 is 0.414 bits per heavy atom. The molecule has 7 aromatic heterocycles. The van der Waals surface area contributed by atoms with E-state index < -0.39 is 0 Å². The topological polar surface area (TPSA) is 203 Å². The zero-order valence-electron chi connectivity index (χ0n) is 64.0. The largest absolute Gasteiger partial charge is 0.512 e. The fourth-order valence-electron chi connectivity index (χ4n) is 11.8. The van der Waals surface area contributed by atoms with Gasteiger partial charge in [-0.15, -0.1) is 88.0 Å². The van der Waals surface area contributed by atoms with Gasteiger partial charge in [0.1, 0.15) is 34.2 Å². The maximum atomic E-state index is 13.2. The van der Waals surface area contributed by atoms with Gasteiger partial charge in [0.15, 0.2) is 34.1 Å². The fourth-order valence-corrected chi connectivity index (χ4v) is 11.8. The molecule has 0 unspecified atom stereocenters. The predicted molar refractivity (Wildman–Crippen MR) is 432 cm³/mol. The number of rotatable bonds is 10. The number of aryl methyl sites for hydroxylation is 2. The van der Waals surface area contributed by atoms with Gasteiger partial charge < -0.3 is 33.0 Å². The molecule has 0 spiro atoms. The van der Waals surface area contributed by atoms with Crippen LogP contribution < -0.4 is 0 Å². The summed E-state index contributed by atoms with van der Waals surface area (Å²) in [6.07, 6.45) is 3.50. The number of aromatic nitrogens is 3. The van der Waals surface area contributed by atoms with Crippen LogP contribution in [0.1, 0.15) is 105 Å². The van der Waals surface area contributed by atoms with Crippen LogP contribution in [0.5, 0.6) is 0 Å². The molecule has 8 aromatic carbocycles. The van der Waals surface area contributed by atoms with Gasteiger partial charge >= 0.3 is 0 Å². The Labute approximate surface area is 687 Å². The molecule has 13 nitrogen and oxygen atoms in total. The SMILES string of the molecule is CC(=O)C=C(C)O.CC(=O)C=C(C)O.CC(=O)C=C(C)O.Cc1[c-]c(-c2ccc3oc(-c4ccc(F)cc4)cc3n2)cc(C(C)(C)C)c1.Cc1[c-]c(-c2ccc3oc(-c4ccccc4)c(-c4ccccc4)c3n2)cc(C(C)(C)C)c1.[Ir].[Ir].[Ir].[c-]1ccc2c(oc3ccccc32)c1-c1ccc2oc(-c3ccccc3)cc2n1. The number of carbonyl (C=O) groups excluding carboxylic acids is 3. The molecule has 15 rings (SSSR count). The number of aliphatic hydroxyl groups is 3. The zero-order valence-corrected chi connectivity index (χ0v) is 71.2. The first-order valence-electron chi connectivity index (χ1n) is 35.2. The van der Waals surface area contributed by atoms with Crippen molar-refractivity contribution in [3.8, 4) is 78.9 Å². The van der Waals surface area contributed by atoms with Gasteiger partial charge in [-0.05, 0) is 124 Å². The van der Waals surface area contributed by atoms with Gasteiger partial charge in [-0.2, -0.15) is 0 Å². The quantitative estimate of drug-likeness (QED) is 0.0663. The monoisotopic (exact) mass is 2010 g/mol. The fraction of sp³-hybridized carbons (Fsp3) is 0.170. The Hall–Kier alpha value is -10.9. The van der Waals surface area contributed by atoms with Crippen molar-refractivity contribution in [1.82, 2.24) is 15.0 Å². The van der Waals surface area contributed by atoms with Crippen molar-refractivity contribution < 1.29 is 112 Å². The molecular weight excluding hydrogens is 1930 g/mol. The van der Waals surface area contributed by atoms with Crippen LogP contribution in [0.3, 0.4) is 0 Å². The first kappa shape index (κ1) is 87.4. The number of benzene rings is 8. The van der Waals surface area contributed by atoms with Gasteiger partial charge in [0.2, 0.25) is 0 Å². The molecule has 3 N–H and O–H groups in total. The van der Waals surface area contributed by atoms with E-state index in [1.165, 1.54) is 83.0 Å². The van der Waals surface area contributed by atoms with Gasteiger partial charge in [0.05, 0.1) is 39.5 Å². The molecule has 0 saturated heterocycles. The molecule has 0 saturated carbocycles. The second-order valence-electron chi connectivity index (χ2n) is 28.1. The third-order valence-corrected chi connectivity index (χ3v) is 16.7. The summed E-state index contributed by atoms with van der Waals surface area (Å²) >= 11 is 0. The van der Waals surface area contributed by atoms with Crippen LogP contribution in [-0.4, -0.2) is 47.6 Å². The number of ketones is 3. The van der Waals surface area contributed by atoms with Gasteiger partial charge in [0, 0.05) is 113 Å². The van der Waals surface area contributed by atoms with Gasteiger partial charge in [-0.1, -0.05) is 194 Å². The predicted octanol–water partition coefficient (Wildman–Crippen LogP) is 24.9. The number of allylic oxidation sites excluding steroid dienone is 6. The van der Waals surface area contributed by atoms with Crippen LogP contribution in [0.4, 0.5) is 4.39 Å². The number of carbonyl (C=O) groups is 3. The van der Waals surface area contributed by atoms with Gasteiger partial charge in [-0.25, -0.2) is 4.39 Å². The summed E-state index contributed by atoms with van der Waals surface area (Å²) in [6, 6.07) is 83.7.